The average Bonchev–Trinajstić information content (AvgIpc) is 2.37. The molecular formula is C21H42. The van der Waals surface area contributed by atoms with Gasteiger partial charge in [0.15, 0.2) is 0 Å². The summed E-state index contributed by atoms with van der Waals surface area (Å²) in [5, 5.41) is 0. The first kappa shape index (κ1) is 19.0. The lowest BCUT2D eigenvalue weighted by Gasteiger charge is -2.35. The lowest BCUT2D eigenvalue weighted by atomic mass is 9.70. The van der Waals surface area contributed by atoms with Crippen LogP contribution in [0.1, 0.15) is 118 Å². The Hall–Kier alpha value is 0. The summed E-state index contributed by atoms with van der Waals surface area (Å²) in [6.07, 6.45) is 18.9. The van der Waals surface area contributed by atoms with E-state index in [2.05, 4.69) is 34.6 Å². The second-order valence-electron chi connectivity index (χ2n) is 9.33. The van der Waals surface area contributed by atoms with Crippen LogP contribution in [0.3, 0.4) is 0 Å². The van der Waals surface area contributed by atoms with Gasteiger partial charge in [0, 0.05) is 0 Å². The van der Waals surface area contributed by atoms with Crippen molar-refractivity contribution in [1.82, 2.24) is 0 Å². The molecule has 0 nitrogen and oxygen atoms in total. The highest BCUT2D eigenvalue weighted by molar-refractivity contribution is 4.79. The van der Waals surface area contributed by atoms with Gasteiger partial charge < -0.3 is 0 Å². The van der Waals surface area contributed by atoms with Gasteiger partial charge in [-0.2, -0.15) is 0 Å². The zero-order chi connectivity index (χ0) is 15.8. The van der Waals surface area contributed by atoms with Crippen LogP contribution in [-0.4, -0.2) is 0 Å². The highest BCUT2D eigenvalue weighted by atomic mass is 14.3. The molecular weight excluding hydrogens is 252 g/mol. The minimum atomic E-state index is 0.536. The summed E-state index contributed by atoms with van der Waals surface area (Å²) in [7, 11) is 0. The molecule has 0 spiro atoms. The van der Waals surface area contributed by atoms with Crippen molar-refractivity contribution in [2.75, 3.05) is 0 Å². The maximum Gasteiger partial charge on any atom is -0.0349 e. The van der Waals surface area contributed by atoms with Gasteiger partial charge in [0.05, 0.1) is 0 Å². The molecule has 0 aliphatic heterocycles. The average molecular weight is 295 g/mol. The van der Waals surface area contributed by atoms with Gasteiger partial charge in [-0.1, -0.05) is 98.8 Å². The first-order valence-corrected chi connectivity index (χ1v) is 9.85. The SMILES string of the molecule is CCC1CCCCCCC(C)(C)CC(C)(C)CCCCC1. The summed E-state index contributed by atoms with van der Waals surface area (Å²) in [5.41, 5.74) is 1.07. The molecule has 0 heteroatoms. The summed E-state index contributed by atoms with van der Waals surface area (Å²) in [5.74, 6) is 1.01. The van der Waals surface area contributed by atoms with Crippen molar-refractivity contribution in [3.05, 3.63) is 0 Å². The second-order valence-corrected chi connectivity index (χ2v) is 9.33. The molecule has 0 aromatic heterocycles. The minimum absolute atomic E-state index is 0.536. The Morgan fingerprint density at radius 2 is 1.10 bits per heavy atom. The molecule has 0 bridgehead atoms. The first-order valence-electron chi connectivity index (χ1n) is 9.85. The molecule has 0 aromatic rings. The molecule has 1 saturated carbocycles. The smallest absolute Gasteiger partial charge is 0.0349 e. The zero-order valence-electron chi connectivity index (χ0n) is 15.8. The van der Waals surface area contributed by atoms with E-state index in [-0.39, 0.29) is 0 Å². The molecule has 0 amide bonds. The second kappa shape index (κ2) is 9.21. The monoisotopic (exact) mass is 294 g/mol. The Morgan fingerprint density at radius 3 is 1.57 bits per heavy atom. The van der Waals surface area contributed by atoms with E-state index in [9.17, 15) is 0 Å². The molecule has 0 saturated heterocycles. The molecule has 0 N–H and O–H groups in total. The lowest BCUT2D eigenvalue weighted by Crippen LogP contribution is -2.23. The van der Waals surface area contributed by atoms with Crippen molar-refractivity contribution >= 4 is 0 Å². The maximum absolute atomic E-state index is 2.50. The Bertz CT molecular complexity index is 261. The van der Waals surface area contributed by atoms with Crippen molar-refractivity contribution in [1.29, 1.82) is 0 Å². The van der Waals surface area contributed by atoms with Crippen LogP contribution in [0.5, 0.6) is 0 Å². The standard InChI is InChI=1S/C21H42/c1-6-19-14-10-7-8-12-16-20(2,3)18-21(4,5)17-13-9-11-15-19/h19H,6-18H2,1-5H3. The Kier molecular flexibility index (Phi) is 8.35. The number of hydrogen-bond donors (Lipinski definition) is 0. The van der Waals surface area contributed by atoms with Crippen LogP contribution in [0.15, 0.2) is 0 Å². The predicted octanol–water partition coefficient (Wildman–Crippen LogP) is 7.76. The quantitative estimate of drug-likeness (QED) is 0.463. The summed E-state index contributed by atoms with van der Waals surface area (Å²) < 4.78 is 0. The third-order valence-electron chi connectivity index (χ3n) is 5.72. The predicted molar refractivity (Wildman–Crippen MR) is 96.7 cm³/mol. The van der Waals surface area contributed by atoms with Gasteiger partial charge in [0.25, 0.3) is 0 Å². The van der Waals surface area contributed by atoms with Crippen LogP contribution in [0.25, 0.3) is 0 Å². The van der Waals surface area contributed by atoms with E-state index >= 15 is 0 Å². The van der Waals surface area contributed by atoms with E-state index in [4.69, 9.17) is 0 Å². The van der Waals surface area contributed by atoms with E-state index in [1.165, 1.54) is 83.5 Å². The van der Waals surface area contributed by atoms with Crippen molar-refractivity contribution in [3.63, 3.8) is 0 Å². The zero-order valence-corrected chi connectivity index (χ0v) is 15.8. The van der Waals surface area contributed by atoms with Crippen molar-refractivity contribution in [3.8, 4) is 0 Å². The third-order valence-corrected chi connectivity index (χ3v) is 5.72. The van der Waals surface area contributed by atoms with E-state index < -0.39 is 0 Å². The lowest BCUT2D eigenvalue weighted by molar-refractivity contribution is 0.164. The molecule has 21 heavy (non-hydrogen) atoms. The van der Waals surface area contributed by atoms with E-state index in [1.807, 2.05) is 0 Å². The highest BCUT2D eigenvalue weighted by Crippen LogP contribution is 2.40. The molecule has 126 valence electrons. The van der Waals surface area contributed by atoms with Crippen LogP contribution in [0.4, 0.5) is 0 Å². The van der Waals surface area contributed by atoms with Crippen molar-refractivity contribution in [2.24, 2.45) is 16.7 Å². The van der Waals surface area contributed by atoms with Gasteiger partial charge in [-0.25, -0.2) is 0 Å². The van der Waals surface area contributed by atoms with Gasteiger partial charge in [-0.05, 0) is 36.0 Å². The van der Waals surface area contributed by atoms with E-state index in [0.29, 0.717) is 10.8 Å². The van der Waals surface area contributed by atoms with Gasteiger partial charge in [-0.15, -0.1) is 0 Å². The number of hydrogen-bond acceptors (Lipinski definition) is 0. The third kappa shape index (κ3) is 8.89. The topological polar surface area (TPSA) is 0 Å². The van der Waals surface area contributed by atoms with Crippen LogP contribution < -0.4 is 0 Å². The highest BCUT2D eigenvalue weighted by Gasteiger charge is 2.28. The number of rotatable bonds is 1. The summed E-state index contributed by atoms with van der Waals surface area (Å²) in [6, 6.07) is 0. The molecule has 0 heterocycles. The molecule has 1 rings (SSSR count). The molecule has 0 radical (unpaired) electrons. The van der Waals surface area contributed by atoms with Gasteiger partial charge in [-0.3, -0.25) is 0 Å². The maximum atomic E-state index is 2.50. The van der Waals surface area contributed by atoms with E-state index in [0.717, 1.165) is 5.92 Å². The molecule has 1 fully saturated rings. The molecule has 0 aromatic carbocycles. The minimum Gasteiger partial charge on any atom is -0.0651 e. The Morgan fingerprint density at radius 1 is 0.667 bits per heavy atom. The van der Waals surface area contributed by atoms with Gasteiger partial charge in [0.1, 0.15) is 0 Å². The fourth-order valence-corrected chi connectivity index (χ4v) is 4.63. The Balaban J connectivity index is 2.52. The van der Waals surface area contributed by atoms with Crippen molar-refractivity contribution in [2.45, 2.75) is 118 Å². The van der Waals surface area contributed by atoms with Gasteiger partial charge >= 0.3 is 0 Å². The van der Waals surface area contributed by atoms with Crippen LogP contribution in [-0.2, 0) is 0 Å². The van der Waals surface area contributed by atoms with Gasteiger partial charge in [0.2, 0.25) is 0 Å². The fraction of sp³-hybridized carbons (Fsp3) is 1.00. The summed E-state index contributed by atoms with van der Waals surface area (Å²) >= 11 is 0. The van der Waals surface area contributed by atoms with Crippen molar-refractivity contribution < 1.29 is 0 Å². The molecule has 1 atom stereocenters. The molecule has 1 unspecified atom stereocenters. The normalized spacial score (nSPS) is 29.3. The fourth-order valence-electron chi connectivity index (χ4n) is 4.63. The first-order chi connectivity index (χ1) is 9.85. The summed E-state index contributed by atoms with van der Waals surface area (Å²) in [6.45, 7) is 12.4. The van der Waals surface area contributed by atoms with Crippen LogP contribution >= 0.6 is 0 Å². The van der Waals surface area contributed by atoms with Crippen LogP contribution in [0, 0.1) is 16.7 Å². The summed E-state index contributed by atoms with van der Waals surface area (Å²) in [4.78, 5) is 0. The molecule has 1 aliphatic carbocycles. The van der Waals surface area contributed by atoms with Crippen LogP contribution in [0.2, 0.25) is 0 Å². The Labute approximate surface area is 135 Å². The van der Waals surface area contributed by atoms with E-state index in [1.54, 1.807) is 0 Å². The largest absolute Gasteiger partial charge is 0.0651 e. The molecule has 1 aliphatic rings.